The summed E-state index contributed by atoms with van der Waals surface area (Å²) < 4.78 is 13.3. The molecule has 1 N–H and O–H groups in total. The van der Waals surface area contributed by atoms with Crippen LogP contribution in [0.2, 0.25) is 5.02 Å². The van der Waals surface area contributed by atoms with E-state index in [4.69, 9.17) is 11.6 Å². The molecule has 0 spiro atoms. The van der Waals surface area contributed by atoms with Crippen molar-refractivity contribution in [1.82, 2.24) is 5.32 Å². The van der Waals surface area contributed by atoms with Crippen LogP contribution in [0.3, 0.4) is 0 Å². The van der Waals surface area contributed by atoms with E-state index in [1.165, 1.54) is 19.3 Å². The minimum atomic E-state index is -0.301. The standard InChI is InChI=1S/C14H19ClFN/c1-2-17-12-5-3-10(8-12)7-11-4-6-13(15)14(16)9-11/h4,6,9-10,12,17H,2-3,5,7-8H2,1H3. The largest absolute Gasteiger partial charge is 0.314 e. The predicted octanol–water partition coefficient (Wildman–Crippen LogP) is 3.80. The number of nitrogens with one attached hydrogen (secondary N) is 1. The van der Waals surface area contributed by atoms with Crippen LogP contribution < -0.4 is 5.32 Å². The molecule has 0 heterocycles. The second-order valence-electron chi connectivity index (χ2n) is 4.89. The van der Waals surface area contributed by atoms with Gasteiger partial charge in [0.05, 0.1) is 5.02 Å². The van der Waals surface area contributed by atoms with E-state index < -0.39 is 0 Å². The van der Waals surface area contributed by atoms with E-state index in [9.17, 15) is 4.39 Å². The van der Waals surface area contributed by atoms with Crippen LogP contribution in [0.15, 0.2) is 18.2 Å². The molecule has 1 fully saturated rings. The van der Waals surface area contributed by atoms with Crippen molar-refractivity contribution in [3.8, 4) is 0 Å². The topological polar surface area (TPSA) is 12.0 Å². The summed E-state index contributed by atoms with van der Waals surface area (Å²) in [5.74, 6) is 0.380. The first-order valence-corrected chi connectivity index (χ1v) is 6.74. The Hall–Kier alpha value is -0.600. The van der Waals surface area contributed by atoms with Gasteiger partial charge in [0.2, 0.25) is 0 Å². The van der Waals surface area contributed by atoms with E-state index in [1.807, 2.05) is 6.07 Å². The van der Waals surface area contributed by atoms with E-state index in [0.717, 1.165) is 18.5 Å². The molecule has 0 bridgehead atoms. The number of hydrogen-bond acceptors (Lipinski definition) is 1. The predicted molar refractivity (Wildman–Crippen MR) is 69.9 cm³/mol. The molecule has 0 saturated heterocycles. The number of halogens is 2. The smallest absolute Gasteiger partial charge is 0.142 e. The van der Waals surface area contributed by atoms with Crippen LogP contribution in [0.5, 0.6) is 0 Å². The van der Waals surface area contributed by atoms with Gasteiger partial charge in [-0.3, -0.25) is 0 Å². The van der Waals surface area contributed by atoms with E-state index in [2.05, 4.69) is 12.2 Å². The highest BCUT2D eigenvalue weighted by molar-refractivity contribution is 6.30. The van der Waals surface area contributed by atoms with E-state index in [-0.39, 0.29) is 10.8 Å². The molecule has 0 aromatic heterocycles. The summed E-state index contributed by atoms with van der Waals surface area (Å²) in [7, 11) is 0. The zero-order valence-electron chi connectivity index (χ0n) is 10.2. The molecule has 94 valence electrons. The van der Waals surface area contributed by atoms with Gasteiger partial charge in [-0.15, -0.1) is 0 Å². The molecule has 3 heteroatoms. The van der Waals surface area contributed by atoms with Crippen LogP contribution in [0.1, 0.15) is 31.7 Å². The third-order valence-electron chi connectivity index (χ3n) is 3.54. The Morgan fingerprint density at radius 3 is 2.94 bits per heavy atom. The number of benzene rings is 1. The Balaban J connectivity index is 1.91. The van der Waals surface area contributed by atoms with Gasteiger partial charge in [-0.05, 0) is 55.8 Å². The summed E-state index contributed by atoms with van der Waals surface area (Å²) >= 11 is 5.68. The van der Waals surface area contributed by atoms with Crippen LogP contribution in [0.4, 0.5) is 4.39 Å². The van der Waals surface area contributed by atoms with E-state index in [0.29, 0.717) is 12.0 Å². The molecule has 1 nitrogen and oxygen atoms in total. The molecule has 1 aromatic rings. The third-order valence-corrected chi connectivity index (χ3v) is 3.85. The van der Waals surface area contributed by atoms with Gasteiger partial charge in [0.1, 0.15) is 5.82 Å². The quantitative estimate of drug-likeness (QED) is 0.863. The van der Waals surface area contributed by atoms with Gasteiger partial charge in [0, 0.05) is 6.04 Å². The van der Waals surface area contributed by atoms with E-state index >= 15 is 0 Å². The molecular formula is C14H19ClFN. The zero-order valence-corrected chi connectivity index (χ0v) is 10.9. The molecule has 0 aliphatic heterocycles. The molecule has 1 saturated carbocycles. The highest BCUT2D eigenvalue weighted by atomic mass is 35.5. The Kier molecular flexibility index (Phi) is 4.41. The Morgan fingerprint density at radius 2 is 2.24 bits per heavy atom. The summed E-state index contributed by atoms with van der Waals surface area (Å²) in [6, 6.07) is 5.82. The van der Waals surface area contributed by atoms with Gasteiger partial charge >= 0.3 is 0 Å². The van der Waals surface area contributed by atoms with Gasteiger partial charge in [0.25, 0.3) is 0 Å². The third kappa shape index (κ3) is 3.43. The number of rotatable bonds is 4. The van der Waals surface area contributed by atoms with Crippen LogP contribution in [-0.4, -0.2) is 12.6 Å². The first-order valence-electron chi connectivity index (χ1n) is 6.36. The molecule has 1 aromatic carbocycles. The van der Waals surface area contributed by atoms with Crippen molar-refractivity contribution in [1.29, 1.82) is 0 Å². The van der Waals surface area contributed by atoms with Crippen molar-refractivity contribution < 1.29 is 4.39 Å². The summed E-state index contributed by atoms with van der Waals surface area (Å²) in [6.45, 7) is 3.18. The second-order valence-corrected chi connectivity index (χ2v) is 5.29. The Morgan fingerprint density at radius 1 is 1.41 bits per heavy atom. The minimum Gasteiger partial charge on any atom is -0.314 e. The summed E-state index contributed by atoms with van der Waals surface area (Å²) in [5, 5.41) is 3.70. The minimum absolute atomic E-state index is 0.214. The van der Waals surface area contributed by atoms with Crippen LogP contribution >= 0.6 is 11.6 Å². The fourth-order valence-corrected chi connectivity index (χ4v) is 2.85. The fraction of sp³-hybridized carbons (Fsp3) is 0.571. The highest BCUT2D eigenvalue weighted by Gasteiger charge is 2.24. The maximum Gasteiger partial charge on any atom is 0.142 e. The molecule has 17 heavy (non-hydrogen) atoms. The summed E-state index contributed by atoms with van der Waals surface area (Å²) in [4.78, 5) is 0. The lowest BCUT2D eigenvalue weighted by molar-refractivity contribution is 0.492. The lowest BCUT2D eigenvalue weighted by atomic mass is 9.98. The highest BCUT2D eigenvalue weighted by Crippen LogP contribution is 2.29. The molecule has 2 unspecified atom stereocenters. The Labute approximate surface area is 107 Å². The number of hydrogen-bond donors (Lipinski definition) is 1. The van der Waals surface area contributed by atoms with Crippen molar-refractivity contribution in [2.24, 2.45) is 5.92 Å². The summed E-state index contributed by atoms with van der Waals surface area (Å²) in [5.41, 5.74) is 1.06. The first-order chi connectivity index (χ1) is 8.19. The average molecular weight is 256 g/mol. The SMILES string of the molecule is CCNC1CCC(Cc2ccc(Cl)c(F)c2)C1. The lowest BCUT2D eigenvalue weighted by Crippen LogP contribution is -2.25. The van der Waals surface area contributed by atoms with Gasteiger partial charge in [-0.25, -0.2) is 4.39 Å². The van der Waals surface area contributed by atoms with Gasteiger partial charge in [0.15, 0.2) is 0 Å². The molecule has 2 atom stereocenters. The Bertz CT molecular complexity index is 380. The molecular weight excluding hydrogens is 237 g/mol. The van der Waals surface area contributed by atoms with Crippen molar-refractivity contribution in [3.63, 3.8) is 0 Å². The second kappa shape index (κ2) is 5.83. The van der Waals surface area contributed by atoms with Gasteiger partial charge in [-0.2, -0.15) is 0 Å². The van der Waals surface area contributed by atoms with Gasteiger partial charge in [-0.1, -0.05) is 24.6 Å². The lowest BCUT2D eigenvalue weighted by Gasteiger charge is -2.12. The maximum absolute atomic E-state index is 13.3. The normalized spacial score (nSPS) is 24.2. The van der Waals surface area contributed by atoms with Crippen molar-refractivity contribution in [2.45, 2.75) is 38.6 Å². The van der Waals surface area contributed by atoms with Crippen molar-refractivity contribution >= 4 is 11.6 Å². The molecule has 0 amide bonds. The first kappa shape index (κ1) is 12.8. The zero-order chi connectivity index (χ0) is 12.3. The molecule has 1 aliphatic rings. The van der Waals surface area contributed by atoms with Crippen LogP contribution in [0.25, 0.3) is 0 Å². The maximum atomic E-state index is 13.3. The van der Waals surface area contributed by atoms with Crippen molar-refractivity contribution in [3.05, 3.63) is 34.6 Å². The monoisotopic (exact) mass is 255 g/mol. The van der Waals surface area contributed by atoms with E-state index in [1.54, 1.807) is 12.1 Å². The average Bonchev–Trinajstić information content (AvgIpc) is 2.72. The molecule has 0 radical (unpaired) electrons. The summed E-state index contributed by atoms with van der Waals surface area (Å²) in [6.07, 6.45) is 4.66. The molecule has 1 aliphatic carbocycles. The van der Waals surface area contributed by atoms with Crippen LogP contribution in [0, 0.1) is 11.7 Å². The van der Waals surface area contributed by atoms with Crippen LogP contribution in [-0.2, 0) is 6.42 Å². The molecule has 2 rings (SSSR count). The van der Waals surface area contributed by atoms with Gasteiger partial charge < -0.3 is 5.32 Å². The fourth-order valence-electron chi connectivity index (χ4n) is 2.73. The van der Waals surface area contributed by atoms with Crippen molar-refractivity contribution in [2.75, 3.05) is 6.54 Å².